The van der Waals surface area contributed by atoms with Crippen molar-refractivity contribution in [1.82, 2.24) is 39.9 Å². The monoisotopic (exact) mass is 1020 g/mol. The number of carbonyl (C=O) groups excluding carboxylic acids is 2. The SMILES string of the molecule is C=C1C2=C(C=C3c4nc5ccccc5cc4CN13)[C@](CC)(OC(=O)CCCCCn1cc(COCC(CC)(COCC(CC)(COCc3cn(CCOCCOC)nn3)COC(C)C)CC(C)C)nn1)C(=O)OC2. The van der Waals surface area contributed by atoms with Gasteiger partial charge in [-0.05, 0) is 76.5 Å². The van der Waals surface area contributed by atoms with Gasteiger partial charge in [-0.15, -0.1) is 10.2 Å². The fourth-order valence-electron chi connectivity index (χ4n) is 9.98. The Morgan fingerprint density at radius 2 is 1.53 bits per heavy atom. The maximum absolute atomic E-state index is 13.6. The van der Waals surface area contributed by atoms with Gasteiger partial charge in [0.2, 0.25) is 5.60 Å². The van der Waals surface area contributed by atoms with E-state index in [0.29, 0.717) is 104 Å². The van der Waals surface area contributed by atoms with E-state index in [4.69, 9.17) is 42.9 Å². The second-order valence-corrected chi connectivity index (χ2v) is 20.9. The molecule has 0 amide bonds. The van der Waals surface area contributed by atoms with E-state index in [-0.39, 0.29) is 36.4 Å². The zero-order valence-electron chi connectivity index (χ0n) is 45.2. The Morgan fingerprint density at radius 3 is 2.22 bits per heavy atom. The molecule has 18 nitrogen and oxygen atoms in total. The summed E-state index contributed by atoms with van der Waals surface area (Å²) in [5, 5.41) is 18.4. The molecule has 4 aromatic rings. The van der Waals surface area contributed by atoms with E-state index in [2.05, 4.69) is 71.9 Å². The van der Waals surface area contributed by atoms with Crippen molar-refractivity contribution in [2.75, 3.05) is 66.6 Å². The molecule has 74 heavy (non-hydrogen) atoms. The Balaban J connectivity index is 0.863. The van der Waals surface area contributed by atoms with Crippen molar-refractivity contribution in [2.45, 2.75) is 144 Å². The van der Waals surface area contributed by atoms with Gasteiger partial charge in [0.05, 0.1) is 115 Å². The van der Waals surface area contributed by atoms with E-state index < -0.39 is 17.5 Å². The molecule has 3 aromatic heterocycles. The van der Waals surface area contributed by atoms with Crippen LogP contribution in [0.25, 0.3) is 16.6 Å². The summed E-state index contributed by atoms with van der Waals surface area (Å²) in [7, 11) is 1.65. The first-order valence-corrected chi connectivity index (χ1v) is 26.6. The van der Waals surface area contributed by atoms with Crippen LogP contribution in [0.5, 0.6) is 0 Å². The summed E-state index contributed by atoms with van der Waals surface area (Å²) in [6.07, 6.45) is 11.0. The fraction of sp³-hybridized carbons (Fsp3) is 0.625. The van der Waals surface area contributed by atoms with E-state index in [1.54, 1.807) is 11.8 Å². The molecule has 1 aromatic carbocycles. The van der Waals surface area contributed by atoms with Gasteiger partial charge in [-0.3, -0.25) is 9.48 Å². The second-order valence-electron chi connectivity index (χ2n) is 20.9. The first-order chi connectivity index (χ1) is 35.7. The minimum Gasteiger partial charge on any atom is -0.457 e. The molecule has 3 atom stereocenters. The summed E-state index contributed by atoms with van der Waals surface area (Å²) in [5.74, 6) is -0.576. The number of pyridine rings is 1. The number of rotatable bonds is 33. The highest BCUT2D eigenvalue weighted by molar-refractivity contribution is 5.93. The van der Waals surface area contributed by atoms with Crippen molar-refractivity contribution in [2.24, 2.45) is 16.7 Å². The zero-order valence-corrected chi connectivity index (χ0v) is 45.2. The number of esters is 2. The van der Waals surface area contributed by atoms with Crippen molar-refractivity contribution in [1.29, 1.82) is 0 Å². The van der Waals surface area contributed by atoms with Crippen LogP contribution >= 0.6 is 0 Å². The number of cyclic esters (lactones) is 1. The average molecular weight is 1030 g/mol. The molecule has 0 spiro atoms. The third kappa shape index (κ3) is 14.1. The molecular formula is C56H80N8O10. The lowest BCUT2D eigenvalue weighted by molar-refractivity contribution is -0.179. The van der Waals surface area contributed by atoms with Crippen LogP contribution in [0.4, 0.5) is 0 Å². The molecule has 3 aliphatic rings. The number of ether oxygens (including phenoxy) is 8. The van der Waals surface area contributed by atoms with Crippen molar-refractivity contribution >= 4 is 28.5 Å². The van der Waals surface area contributed by atoms with Crippen molar-refractivity contribution < 1.29 is 47.5 Å². The number of nitrogens with zero attached hydrogens (tertiary/aromatic N) is 8. The summed E-state index contributed by atoms with van der Waals surface area (Å²) in [4.78, 5) is 34.3. The van der Waals surface area contributed by atoms with Gasteiger partial charge in [0, 0.05) is 58.7 Å². The Morgan fingerprint density at radius 1 is 0.838 bits per heavy atom. The van der Waals surface area contributed by atoms with Gasteiger partial charge >= 0.3 is 11.9 Å². The van der Waals surface area contributed by atoms with Crippen LogP contribution in [-0.4, -0.2) is 130 Å². The van der Waals surface area contributed by atoms with Crippen LogP contribution in [0.15, 0.2) is 72.2 Å². The molecule has 18 heteroatoms. The molecular weight excluding hydrogens is 945 g/mol. The molecule has 0 aliphatic carbocycles. The third-order valence-electron chi connectivity index (χ3n) is 14.4. The maximum Gasteiger partial charge on any atom is 0.355 e. The molecule has 0 saturated heterocycles. The number of hydrogen-bond acceptors (Lipinski definition) is 16. The number of carbonyl (C=O) groups is 2. The van der Waals surface area contributed by atoms with Gasteiger partial charge in [0.25, 0.3) is 0 Å². The van der Waals surface area contributed by atoms with Gasteiger partial charge in [-0.1, -0.05) is 76.2 Å². The lowest BCUT2D eigenvalue weighted by atomic mass is 9.79. The van der Waals surface area contributed by atoms with Crippen LogP contribution < -0.4 is 0 Å². The predicted molar refractivity (Wildman–Crippen MR) is 279 cm³/mol. The topological polar surface area (TPSA) is 186 Å². The minimum atomic E-state index is -1.57. The molecule has 0 bridgehead atoms. The number of para-hydroxylation sites is 1. The Hall–Kier alpha value is -5.37. The zero-order chi connectivity index (χ0) is 52.7. The third-order valence-corrected chi connectivity index (χ3v) is 14.4. The van der Waals surface area contributed by atoms with E-state index in [1.807, 2.05) is 62.1 Å². The number of methoxy groups -OCH3 is 1. The highest BCUT2D eigenvalue weighted by Gasteiger charge is 2.52. The summed E-state index contributed by atoms with van der Waals surface area (Å²) in [6, 6.07) is 10.2. The highest BCUT2D eigenvalue weighted by atomic mass is 16.6. The summed E-state index contributed by atoms with van der Waals surface area (Å²) < 4.78 is 51.6. The molecule has 0 radical (unpaired) electrons. The molecule has 0 N–H and O–H groups in total. The maximum atomic E-state index is 13.6. The van der Waals surface area contributed by atoms with Crippen LogP contribution in [0.3, 0.4) is 0 Å². The van der Waals surface area contributed by atoms with Crippen LogP contribution in [0.1, 0.15) is 122 Å². The molecule has 2 unspecified atom stereocenters. The van der Waals surface area contributed by atoms with Gasteiger partial charge in [0.15, 0.2) is 0 Å². The quantitative estimate of drug-likeness (QED) is 0.0326. The summed E-state index contributed by atoms with van der Waals surface area (Å²) in [5.41, 5.74) is 5.13. The summed E-state index contributed by atoms with van der Waals surface area (Å²) >= 11 is 0. The molecule has 0 fully saturated rings. The smallest absolute Gasteiger partial charge is 0.355 e. The van der Waals surface area contributed by atoms with Gasteiger partial charge in [-0.2, -0.15) is 0 Å². The first-order valence-electron chi connectivity index (χ1n) is 26.6. The number of fused-ring (bicyclic) bond motifs is 4. The number of unbranched alkanes of at least 4 members (excludes halogenated alkanes) is 2. The average Bonchev–Trinajstić information content (AvgIpc) is 4.14. The standard InChI is InChI=1S/C56H80N8O10/c1-10-54(28-40(4)5,36-71-38-55(11-2,39-73-41(6)7)37-70-33-46-31-63(61-59-46)22-23-68-25-24-67-9)35-69-32-45-30-62(60-58-45)21-17-13-14-20-51(65)74-56(12-3)48-27-50-52-44(26-43-18-15-16-19-49(43)57-52)29-64(50)42(8)47(48)34-72-53(56)66/h15-16,18-19,26-27,30-31,40-41H,8,10-14,17,20-25,28-29,32-39H2,1-7,9H3/t54?,55?,56-/m0/s1. The number of benzene rings is 1. The van der Waals surface area contributed by atoms with Crippen molar-refractivity contribution in [3.8, 4) is 0 Å². The van der Waals surface area contributed by atoms with Crippen molar-refractivity contribution in [3.05, 3.63) is 94.9 Å². The Kier molecular flexibility index (Phi) is 20.1. The van der Waals surface area contributed by atoms with Crippen molar-refractivity contribution in [3.63, 3.8) is 0 Å². The van der Waals surface area contributed by atoms with Gasteiger partial charge in [0.1, 0.15) is 18.0 Å². The molecule has 3 aliphatic heterocycles. The lowest BCUT2D eigenvalue weighted by Gasteiger charge is -2.41. The molecule has 6 heterocycles. The molecule has 404 valence electrons. The normalized spacial score (nSPS) is 18.1. The Bertz CT molecular complexity index is 2570. The van der Waals surface area contributed by atoms with E-state index in [0.717, 1.165) is 82.6 Å². The largest absolute Gasteiger partial charge is 0.457 e. The first kappa shape index (κ1) is 56.4. The summed E-state index contributed by atoms with van der Waals surface area (Å²) in [6.45, 7) is 25.8. The molecule has 7 rings (SSSR count). The van der Waals surface area contributed by atoms with Crippen LogP contribution in [0, 0.1) is 16.7 Å². The van der Waals surface area contributed by atoms with E-state index >= 15 is 0 Å². The second kappa shape index (κ2) is 26.4. The number of aryl methyl sites for hydroxylation is 1. The van der Waals surface area contributed by atoms with E-state index in [1.165, 1.54) is 0 Å². The number of aromatic nitrogens is 7. The van der Waals surface area contributed by atoms with Crippen LogP contribution in [-0.2, 0) is 80.3 Å². The predicted octanol–water partition coefficient (Wildman–Crippen LogP) is 8.58. The fourth-order valence-corrected chi connectivity index (χ4v) is 9.98. The van der Waals surface area contributed by atoms with Crippen LogP contribution in [0.2, 0.25) is 0 Å². The minimum absolute atomic E-state index is 0.0661. The van der Waals surface area contributed by atoms with Gasteiger partial charge < -0.3 is 42.8 Å². The highest BCUT2D eigenvalue weighted by Crippen LogP contribution is 2.48. The van der Waals surface area contributed by atoms with Gasteiger partial charge in [-0.25, -0.2) is 14.5 Å². The Labute approximate surface area is 437 Å². The lowest BCUT2D eigenvalue weighted by Crippen LogP contribution is -2.50. The molecule has 0 saturated carbocycles. The number of hydrogen-bond donors (Lipinski definition) is 0. The van der Waals surface area contributed by atoms with E-state index in [9.17, 15) is 9.59 Å².